The van der Waals surface area contributed by atoms with Crippen molar-refractivity contribution in [2.45, 2.75) is 45.1 Å². The molecule has 0 radical (unpaired) electrons. The fourth-order valence-corrected chi connectivity index (χ4v) is 3.55. The molecule has 2 aliphatic heterocycles. The molecule has 2 bridgehead atoms. The third-order valence-electron chi connectivity index (χ3n) is 4.99. The van der Waals surface area contributed by atoms with Crippen LogP contribution in [0.1, 0.15) is 39.0 Å². The van der Waals surface area contributed by atoms with Crippen LogP contribution in [-0.4, -0.2) is 37.1 Å². The van der Waals surface area contributed by atoms with E-state index in [-0.39, 0.29) is 0 Å². The molecule has 1 saturated carbocycles. The van der Waals surface area contributed by atoms with Crippen LogP contribution in [0, 0.1) is 11.3 Å². The van der Waals surface area contributed by atoms with Crippen LogP contribution in [-0.2, 0) is 0 Å². The second kappa shape index (κ2) is 3.74. The van der Waals surface area contributed by atoms with Crippen molar-refractivity contribution in [1.82, 2.24) is 10.2 Å². The average Bonchev–Trinajstić information content (AvgIpc) is 2.57. The lowest BCUT2D eigenvalue weighted by Gasteiger charge is -2.41. The third kappa shape index (κ3) is 1.94. The van der Waals surface area contributed by atoms with Gasteiger partial charge in [-0.3, -0.25) is 0 Å². The summed E-state index contributed by atoms with van der Waals surface area (Å²) in [7, 11) is 0. The molecule has 1 N–H and O–H groups in total. The highest BCUT2D eigenvalue weighted by Crippen LogP contribution is 2.40. The summed E-state index contributed by atoms with van der Waals surface area (Å²) in [5, 5.41) is 3.87. The summed E-state index contributed by atoms with van der Waals surface area (Å²) in [4.78, 5) is 2.63. The molecule has 0 amide bonds. The first-order chi connectivity index (χ1) is 7.25. The molecule has 0 aromatic rings. The van der Waals surface area contributed by atoms with Crippen LogP contribution < -0.4 is 5.32 Å². The van der Waals surface area contributed by atoms with E-state index in [9.17, 15) is 0 Å². The first-order valence-corrected chi connectivity index (χ1v) is 6.71. The molecule has 2 heterocycles. The van der Waals surface area contributed by atoms with Gasteiger partial charge in [-0.25, -0.2) is 0 Å². The van der Waals surface area contributed by atoms with Crippen LogP contribution in [0.3, 0.4) is 0 Å². The maximum Gasteiger partial charge on any atom is 0.0120 e. The SMILES string of the molecule is CC1(CNC2CCN3CCC2C3)CCC1. The van der Waals surface area contributed by atoms with Crippen molar-refractivity contribution in [3.8, 4) is 0 Å². The molecule has 0 aromatic heterocycles. The summed E-state index contributed by atoms with van der Waals surface area (Å²) in [5.41, 5.74) is 0.649. The first-order valence-electron chi connectivity index (χ1n) is 6.71. The van der Waals surface area contributed by atoms with Crippen LogP contribution in [0.2, 0.25) is 0 Å². The van der Waals surface area contributed by atoms with Crippen molar-refractivity contribution in [1.29, 1.82) is 0 Å². The molecule has 3 rings (SSSR count). The second-order valence-electron chi connectivity index (χ2n) is 6.29. The zero-order valence-corrected chi connectivity index (χ0v) is 9.97. The van der Waals surface area contributed by atoms with E-state index in [0.29, 0.717) is 5.41 Å². The minimum Gasteiger partial charge on any atom is -0.313 e. The van der Waals surface area contributed by atoms with Crippen LogP contribution in [0.4, 0.5) is 0 Å². The number of nitrogens with zero attached hydrogens (tertiary/aromatic N) is 1. The molecule has 2 heteroatoms. The van der Waals surface area contributed by atoms with E-state index >= 15 is 0 Å². The second-order valence-corrected chi connectivity index (χ2v) is 6.29. The maximum atomic E-state index is 3.87. The number of nitrogens with one attached hydrogen (secondary N) is 1. The Balaban J connectivity index is 1.50. The molecule has 2 nitrogen and oxygen atoms in total. The van der Waals surface area contributed by atoms with Crippen LogP contribution >= 0.6 is 0 Å². The zero-order valence-electron chi connectivity index (χ0n) is 9.97. The Bertz CT molecular complexity index is 235. The molecule has 0 aromatic carbocycles. The fourth-order valence-electron chi connectivity index (χ4n) is 3.55. The first kappa shape index (κ1) is 10.1. The highest BCUT2D eigenvalue weighted by atomic mass is 15.2. The Morgan fingerprint density at radius 2 is 2.07 bits per heavy atom. The van der Waals surface area contributed by atoms with Gasteiger partial charge in [0.25, 0.3) is 0 Å². The molecular formula is C13H24N2. The fraction of sp³-hybridized carbons (Fsp3) is 1.00. The van der Waals surface area contributed by atoms with Gasteiger partial charge in [-0.1, -0.05) is 13.3 Å². The van der Waals surface area contributed by atoms with Crippen LogP contribution in [0.25, 0.3) is 0 Å². The van der Waals surface area contributed by atoms with E-state index in [1.807, 2.05) is 0 Å². The van der Waals surface area contributed by atoms with E-state index in [4.69, 9.17) is 0 Å². The molecule has 2 saturated heterocycles. The molecule has 3 aliphatic rings. The minimum absolute atomic E-state index is 0.649. The molecule has 0 spiro atoms. The largest absolute Gasteiger partial charge is 0.313 e. The van der Waals surface area contributed by atoms with Gasteiger partial charge in [0, 0.05) is 19.1 Å². The lowest BCUT2D eigenvalue weighted by atomic mass is 9.70. The van der Waals surface area contributed by atoms with Gasteiger partial charge in [0.15, 0.2) is 0 Å². The standard InChI is InChI=1S/C13H24N2/c1-13(5-2-6-13)10-14-12-4-8-15-7-3-11(12)9-15/h11-12,14H,2-10H2,1H3. The minimum atomic E-state index is 0.649. The highest BCUT2D eigenvalue weighted by molar-refractivity contribution is 4.93. The van der Waals surface area contributed by atoms with Gasteiger partial charge in [-0.15, -0.1) is 0 Å². The van der Waals surface area contributed by atoms with Gasteiger partial charge in [-0.05, 0) is 50.1 Å². The lowest BCUT2D eigenvalue weighted by molar-refractivity contribution is 0.133. The topological polar surface area (TPSA) is 15.3 Å². The van der Waals surface area contributed by atoms with Crippen LogP contribution in [0.15, 0.2) is 0 Å². The van der Waals surface area contributed by atoms with Gasteiger partial charge in [-0.2, -0.15) is 0 Å². The molecular weight excluding hydrogens is 184 g/mol. The van der Waals surface area contributed by atoms with Gasteiger partial charge < -0.3 is 10.2 Å². The van der Waals surface area contributed by atoms with Gasteiger partial charge >= 0.3 is 0 Å². The molecule has 3 atom stereocenters. The molecule has 1 aliphatic carbocycles. The average molecular weight is 208 g/mol. The summed E-state index contributed by atoms with van der Waals surface area (Å²) in [6.45, 7) is 7.79. The van der Waals surface area contributed by atoms with E-state index < -0.39 is 0 Å². The Morgan fingerprint density at radius 1 is 1.27 bits per heavy atom. The summed E-state index contributed by atoms with van der Waals surface area (Å²) in [5.74, 6) is 0.961. The van der Waals surface area contributed by atoms with E-state index in [1.165, 1.54) is 58.3 Å². The van der Waals surface area contributed by atoms with Crippen LogP contribution in [0.5, 0.6) is 0 Å². The maximum absolute atomic E-state index is 3.87. The summed E-state index contributed by atoms with van der Waals surface area (Å²) in [6.07, 6.45) is 7.18. The normalized spacial score (nSPS) is 42.6. The molecule has 3 unspecified atom stereocenters. The van der Waals surface area contributed by atoms with Crippen molar-refractivity contribution >= 4 is 0 Å². The van der Waals surface area contributed by atoms with Gasteiger partial charge in [0.2, 0.25) is 0 Å². The number of fused-ring (bicyclic) bond motifs is 2. The monoisotopic (exact) mass is 208 g/mol. The van der Waals surface area contributed by atoms with Crippen molar-refractivity contribution in [3.05, 3.63) is 0 Å². The Labute approximate surface area is 93.4 Å². The van der Waals surface area contributed by atoms with Gasteiger partial charge in [0.1, 0.15) is 0 Å². The van der Waals surface area contributed by atoms with Crippen molar-refractivity contribution < 1.29 is 0 Å². The number of hydrogen-bond donors (Lipinski definition) is 1. The third-order valence-corrected chi connectivity index (χ3v) is 4.99. The van der Waals surface area contributed by atoms with Crippen molar-refractivity contribution in [2.24, 2.45) is 11.3 Å². The number of piperidine rings is 1. The summed E-state index contributed by atoms with van der Waals surface area (Å²) < 4.78 is 0. The predicted molar refractivity (Wildman–Crippen MR) is 62.9 cm³/mol. The van der Waals surface area contributed by atoms with E-state index in [0.717, 1.165) is 12.0 Å². The van der Waals surface area contributed by atoms with Gasteiger partial charge in [0.05, 0.1) is 0 Å². The zero-order chi connectivity index (χ0) is 10.3. The van der Waals surface area contributed by atoms with E-state index in [2.05, 4.69) is 17.1 Å². The molecule has 3 fully saturated rings. The smallest absolute Gasteiger partial charge is 0.0120 e. The Kier molecular flexibility index (Phi) is 2.52. The predicted octanol–water partition coefficient (Wildman–Crippen LogP) is 1.86. The summed E-state index contributed by atoms with van der Waals surface area (Å²) in [6, 6.07) is 0.834. The van der Waals surface area contributed by atoms with Crippen molar-refractivity contribution in [3.63, 3.8) is 0 Å². The molecule has 86 valence electrons. The van der Waals surface area contributed by atoms with Crippen molar-refractivity contribution in [2.75, 3.05) is 26.2 Å². The highest BCUT2D eigenvalue weighted by Gasteiger charge is 2.36. The number of rotatable bonds is 3. The Hall–Kier alpha value is -0.0800. The Morgan fingerprint density at radius 3 is 2.80 bits per heavy atom. The van der Waals surface area contributed by atoms with E-state index in [1.54, 1.807) is 0 Å². The molecule has 15 heavy (non-hydrogen) atoms. The summed E-state index contributed by atoms with van der Waals surface area (Å²) >= 11 is 0. The lowest BCUT2D eigenvalue weighted by Crippen LogP contribution is -2.48. The quantitative estimate of drug-likeness (QED) is 0.761. The number of hydrogen-bond acceptors (Lipinski definition) is 2.